The monoisotopic (exact) mass is 494 g/mol. The fourth-order valence-corrected chi connectivity index (χ4v) is 4.38. The number of nitrogens with zero attached hydrogens (tertiary/aromatic N) is 4. The van der Waals surface area contributed by atoms with Gasteiger partial charge in [0.05, 0.1) is 12.3 Å². The summed E-state index contributed by atoms with van der Waals surface area (Å²) < 4.78 is 0. The molecule has 0 amide bonds. The fraction of sp³-hybridized carbons (Fsp3) is 0.481. The van der Waals surface area contributed by atoms with Crippen molar-refractivity contribution in [1.82, 2.24) is 19.9 Å². The molecule has 194 valence electrons. The maximum Gasteiger partial charge on any atom is 0.326 e. The Bertz CT molecular complexity index is 1040. The number of fused-ring (bicyclic) bond motifs is 1. The number of hydrogen-bond donors (Lipinski definition) is 4. The molecular formula is C27H38N6O3. The van der Waals surface area contributed by atoms with E-state index < -0.39 is 12.0 Å². The highest BCUT2D eigenvalue weighted by Gasteiger charge is 2.21. The molecule has 9 nitrogen and oxygen atoms in total. The van der Waals surface area contributed by atoms with Gasteiger partial charge in [-0.15, -0.1) is 0 Å². The highest BCUT2D eigenvalue weighted by molar-refractivity contribution is 5.79. The van der Waals surface area contributed by atoms with Crippen molar-refractivity contribution in [1.29, 1.82) is 0 Å². The van der Waals surface area contributed by atoms with Crippen LogP contribution in [0.15, 0.2) is 31.1 Å². The number of unbranched alkanes of at least 4 members (excludes halogenated alkanes) is 1. The van der Waals surface area contributed by atoms with Crippen molar-refractivity contribution in [2.75, 3.05) is 43.4 Å². The summed E-state index contributed by atoms with van der Waals surface area (Å²) >= 11 is 0. The largest absolute Gasteiger partial charge is 0.480 e. The van der Waals surface area contributed by atoms with Crippen LogP contribution in [0, 0.1) is 0 Å². The molecule has 1 aliphatic heterocycles. The number of aromatic nitrogens is 3. The highest BCUT2D eigenvalue weighted by Crippen LogP contribution is 2.21. The van der Waals surface area contributed by atoms with Gasteiger partial charge in [0, 0.05) is 30.9 Å². The van der Waals surface area contributed by atoms with Crippen LogP contribution in [0.4, 0.5) is 11.6 Å². The Morgan fingerprint density at radius 1 is 1.28 bits per heavy atom. The smallest absolute Gasteiger partial charge is 0.326 e. The van der Waals surface area contributed by atoms with E-state index in [1.807, 2.05) is 19.1 Å². The third-order valence-electron chi connectivity index (χ3n) is 6.31. The van der Waals surface area contributed by atoms with Gasteiger partial charge in [-0.3, -0.25) is 0 Å². The number of carbonyl (C=O) groups is 1. The van der Waals surface area contributed by atoms with E-state index >= 15 is 0 Å². The number of carboxylic acids is 1. The molecule has 36 heavy (non-hydrogen) atoms. The van der Waals surface area contributed by atoms with Crippen LogP contribution < -0.4 is 10.6 Å². The molecule has 0 aromatic carbocycles. The molecule has 0 fully saturated rings. The normalized spacial score (nSPS) is 13.9. The highest BCUT2D eigenvalue weighted by atomic mass is 16.4. The molecule has 2 aromatic heterocycles. The summed E-state index contributed by atoms with van der Waals surface area (Å²) in [4.78, 5) is 27.3. The van der Waals surface area contributed by atoms with E-state index in [0.29, 0.717) is 36.6 Å². The molecule has 9 heteroatoms. The SMILES string of the molecule is C=Cc1ncnc(NC(CCN(CCO)CCCCc2ccc3c(n2)NCCC3)C(=O)O)c1/C=C\C. The Morgan fingerprint density at radius 3 is 2.89 bits per heavy atom. The summed E-state index contributed by atoms with van der Waals surface area (Å²) in [5.74, 6) is 0.539. The topological polar surface area (TPSA) is 124 Å². The Balaban J connectivity index is 1.52. The third kappa shape index (κ3) is 7.86. The van der Waals surface area contributed by atoms with Crippen LogP contribution in [0.5, 0.6) is 0 Å². The number of carboxylic acid groups (broad SMARTS) is 1. The predicted molar refractivity (Wildman–Crippen MR) is 144 cm³/mol. The number of aliphatic hydroxyl groups excluding tert-OH is 1. The first-order valence-electron chi connectivity index (χ1n) is 12.7. The summed E-state index contributed by atoms with van der Waals surface area (Å²) in [6, 6.07) is 3.47. The number of hydrogen-bond acceptors (Lipinski definition) is 8. The molecule has 0 spiro atoms. The van der Waals surface area contributed by atoms with Gasteiger partial charge in [0.1, 0.15) is 24.0 Å². The van der Waals surface area contributed by atoms with Gasteiger partial charge in [-0.1, -0.05) is 24.8 Å². The van der Waals surface area contributed by atoms with Crippen LogP contribution >= 0.6 is 0 Å². The summed E-state index contributed by atoms with van der Waals surface area (Å²) in [6.45, 7) is 8.50. The predicted octanol–water partition coefficient (Wildman–Crippen LogP) is 3.48. The number of pyridine rings is 1. The molecule has 1 aliphatic rings. The quantitative estimate of drug-likeness (QED) is 0.276. The lowest BCUT2D eigenvalue weighted by Crippen LogP contribution is -2.37. The first kappa shape index (κ1) is 27.3. The van der Waals surface area contributed by atoms with Gasteiger partial charge in [-0.05, 0) is 69.7 Å². The maximum atomic E-state index is 12.0. The second-order valence-electron chi connectivity index (χ2n) is 8.91. The molecule has 0 saturated carbocycles. The van der Waals surface area contributed by atoms with Crippen LogP contribution in [0.25, 0.3) is 12.2 Å². The zero-order valence-electron chi connectivity index (χ0n) is 21.1. The van der Waals surface area contributed by atoms with E-state index in [9.17, 15) is 15.0 Å². The van der Waals surface area contributed by atoms with Gasteiger partial charge in [-0.25, -0.2) is 19.7 Å². The second-order valence-corrected chi connectivity index (χ2v) is 8.91. The zero-order valence-corrected chi connectivity index (χ0v) is 21.1. The van der Waals surface area contributed by atoms with Gasteiger partial charge in [-0.2, -0.15) is 0 Å². The summed E-state index contributed by atoms with van der Waals surface area (Å²) in [5, 5.41) is 25.8. The molecule has 0 aliphatic carbocycles. The van der Waals surface area contributed by atoms with Gasteiger partial charge in [0.15, 0.2) is 0 Å². The number of aryl methyl sites for hydroxylation is 2. The molecule has 1 unspecified atom stereocenters. The summed E-state index contributed by atoms with van der Waals surface area (Å²) in [6.07, 6.45) is 12.1. The lowest BCUT2D eigenvalue weighted by molar-refractivity contribution is -0.138. The first-order valence-corrected chi connectivity index (χ1v) is 12.7. The van der Waals surface area contributed by atoms with Crippen molar-refractivity contribution in [2.24, 2.45) is 0 Å². The van der Waals surface area contributed by atoms with E-state index in [4.69, 9.17) is 4.98 Å². The van der Waals surface area contributed by atoms with Crippen molar-refractivity contribution in [3.8, 4) is 0 Å². The Hall–Kier alpha value is -3.30. The molecule has 0 radical (unpaired) electrons. The minimum absolute atomic E-state index is 0.0310. The Kier molecular flexibility index (Phi) is 10.8. The molecule has 2 aromatic rings. The van der Waals surface area contributed by atoms with Crippen molar-refractivity contribution in [3.05, 3.63) is 53.6 Å². The number of rotatable bonds is 15. The van der Waals surface area contributed by atoms with Crippen molar-refractivity contribution in [3.63, 3.8) is 0 Å². The average molecular weight is 495 g/mol. The Morgan fingerprint density at radius 2 is 2.14 bits per heavy atom. The van der Waals surface area contributed by atoms with Crippen LogP contribution in [-0.2, 0) is 17.6 Å². The third-order valence-corrected chi connectivity index (χ3v) is 6.31. The van der Waals surface area contributed by atoms with E-state index in [-0.39, 0.29) is 6.61 Å². The fourth-order valence-electron chi connectivity index (χ4n) is 4.38. The molecule has 0 saturated heterocycles. The van der Waals surface area contributed by atoms with E-state index in [0.717, 1.165) is 56.7 Å². The van der Waals surface area contributed by atoms with Gasteiger partial charge >= 0.3 is 5.97 Å². The zero-order chi connectivity index (χ0) is 25.8. The number of allylic oxidation sites excluding steroid dienone is 1. The van der Waals surface area contributed by atoms with Crippen molar-refractivity contribution >= 4 is 29.8 Å². The Labute approximate surface area is 213 Å². The van der Waals surface area contributed by atoms with Gasteiger partial charge in [0.2, 0.25) is 0 Å². The number of nitrogens with one attached hydrogen (secondary N) is 2. The van der Waals surface area contributed by atoms with Gasteiger partial charge in [0.25, 0.3) is 0 Å². The minimum Gasteiger partial charge on any atom is -0.480 e. The number of aliphatic carboxylic acids is 1. The first-order chi connectivity index (χ1) is 17.5. The minimum atomic E-state index is -0.948. The average Bonchev–Trinajstić information content (AvgIpc) is 2.89. The summed E-state index contributed by atoms with van der Waals surface area (Å²) in [7, 11) is 0. The summed E-state index contributed by atoms with van der Waals surface area (Å²) in [5.41, 5.74) is 3.73. The van der Waals surface area contributed by atoms with Crippen LogP contribution in [0.1, 0.15) is 55.1 Å². The van der Waals surface area contributed by atoms with E-state index in [2.05, 4.69) is 44.2 Å². The number of anilines is 2. The lowest BCUT2D eigenvalue weighted by Gasteiger charge is -2.24. The molecule has 3 rings (SSSR count). The maximum absolute atomic E-state index is 12.0. The van der Waals surface area contributed by atoms with Crippen molar-refractivity contribution < 1.29 is 15.0 Å². The van der Waals surface area contributed by atoms with E-state index in [1.165, 1.54) is 11.9 Å². The molecule has 4 N–H and O–H groups in total. The van der Waals surface area contributed by atoms with Crippen LogP contribution in [0.2, 0.25) is 0 Å². The molecule has 1 atom stereocenters. The standard InChI is InChI=1S/C27H38N6O3/c1-3-8-22-23(4-2)29-19-30-26(22)32-24(27(35)36)13-16-33(17-18-34)15-6-5-10-21-12-11-20-9-7-14-28-25(20)31-21/h3-4,8,11-12,19,24,34H,2,5-7,9-10,13-18H2,1H3,(H,28,31)(H,35,36)(H,29,30,32)/b8-3-. The second kappa shape index (κ2) is 14.3. The van der Waals surface area contributed by atoms with Crippen molar-refractivity contribution in [2.45, 2.75) is 51.5 Å². The molecular weight excluding hydrogens is 456 g/mol. The van der Waals surface area contributed by atoms with Crippen LogP contribution in [-0.4, -0.2) is 74.9 Å². The van der Waals surface area contributed by atoms with Gasteiger partial charge < -0.3 is 25.7 Å². The lowest BCUT2D eigenvalue weighted by atomic mass is 10.1. The van der Waals surface area contributed by atoms with Crippen LogP contribution in [0.3, 0.4) is 0 Å². The number of aliphatic hydroxyl groups is 1. The molecule has 0 bridgehead atoms. The molecule has 3 heterocycles. The van der Waals surface area contributed by atoms with E-state index in [1.54, 1.807) is 6.08 Å².